The number of halogens is 2. The zero-order valence-electron chi connectivity index (χ0n) is 10.7. The van der Waals surface area contributed by atoms with E-state index in [4.69, 9.17) is 16.3 Å². The Kier molecular flexibility index (Phi) is 4.22. The van der Waals surface area contributed by atoms with Crippen LogP contribution in [-0.4, -0.2) is 12.0 Å². The van der Waals surface area contributed by atoms with E-state index in [2.05, 4.69) is 10.3 Å². The van der Waals surface area contributed by atoms with Gasteiger partial charge >= 0.3 is 0 Å². The second-order valence-corrected chi connectivity index (χ2v) is 4.48. The fourth-order valence-corrected chi connectivity index (χ4v) is 1.76. The second-order valence-electron chi connectivity index (χ2n) is 4.07. The van der Waals surface area contributed by atoms with Gasteiger partial charge in [0.05, 0.1) is 10.7 Å². The number of ether oxygens (including phenoxy) is 1. The molecule has 5 heteroatoms. The molecule has 0 spiro atoms. The maximum Gasteiger partial charge on any atom is 0.132 e. The molecule has 0 fully saturated rings. The van der Waals surface area contributed by atoms with Crippen molar-refractivity contribution in [3.63, 3.8) is 0 Å². The van der Waals surface area contributed by atoms with Gasteiger partial charge in [-0.2, -0.15) is 0 Å². The molecule has 2 aromatic rings. The van der Waals surface area contributed by atoms with Crippen LogP contribution in [0, 0.1) is 12.7 Å². The van der Waals surface area contributed by atoms with Gasteiger partial charge < -0.3 is 10.1 Å². The van der Waals surface area contributed by atoms with Gasteiger partial charge in [-0.15, -0.1) is 0 Å². The number of aromatic nitrogens is 1. The molecule has 19 heavy (non-hydrogen) atoms. The zero-order valence-corrected chi connectivity index (χ0v) is 11.5. The van der Waals surface area contributed by atoms with E-state index in [1.54, 1.807) is 25.2 Å². The Balaban J connectivity index is 2.16. The van der Waals surface area contributed by atoms with Gasteiger partial charge in [-0.1, -0.05) is 17.7 Å². The van der Waals surface area contributed by atoms with Crippen LogP contribution in [0.4, 0.5) is 10.2 Å². The highest BCUT2D eigenvalue weighted by Crippen LogP contribution is 2.22. The van der Waals surface area contributed by atoms with E-state index in [9.17, 15) is 4.39 Å². The summed E-state index contributed by atoms with van der Waals surface area (Å²) in [6.07, 6.45) is 0. The van der Waals surface area contributed by atoms with E-state index in [0.717, 1.165) is 5.56 Å². The molecule has 1 aromatic carbocycles. The Labute approximate surface area is 116 Å². The lowest BCUT2D eigenvalue weighted by atomic mass is 10.2. The molecule has 0 saturated heterocycles. The van der Waals surface area contributed by atoms with Gasteiger partial charge in [0, 0.05) is 13.1 Å². The van der Waals surface area contributed by atoms with Crippen molar-refractivity contribution in [1.82, 2.24) is 4.98 Å². The number of rotatable bonds is 4. The van der Waals surface area contributed by atoms with Gasteiger partial charge in [0.25, 0.3) is 0 Å². The monoisotopic (exact) mass is 280 g/mol. The lowest BCUT2D eigenvalue weighted by Crippen LogP contribution is -2.03. The maximum atomic E-state index is 13.1. The standard InChI is InChI=1S/C14H14ClFN2O/c1-9-3-4-10(16)7-13(9)19-8-12-11(15)5-6-14(17-2)18-12/h3-7H,8H2,1-2H3,(H,17,18). The molecule has 2 rings (SSSR count). The fraction of sp³-hybridized carbons (Fsp3) is 0.214. The van der Waals surface area contributed by atoms with Crippen LogP contribution >= 0.6 is 11.6 Å². The number of aryl methyl sites for hydroxylation is 1. The van der Waals surface area contributed by atoms with Crippen molar-refractivity contribution < 1.29 is 9.13 Å². The van der Waals surface area contributed by atoms with Gasteiger partial charge in [-0.25, -0.2) is 9.37 Å². The summed E-state index contributed by atoms with van der Waals surface area (Å²) in [6.45, 7) is 2.05. The van der Waals surface area contributed by atoms with Crippen LogP contribution < -0.4 is 10.1 Å². The molecule has 1 N–H and O–H groups in total. The summed E-state index contributed by atoms with van der Waals surface area (Å²) >= 11 is 6.05. The van der Waals surface area contributed by atoms with Crippen molar-refractivity contribution in [3.8, 4) is 5.75 Å². The largest absolute Gasteiger partial charge is 0.487 e. The van der Waals surface area contributed by atoms with E-state index < -0.39 is 0 Å². The van der Waals surface area contributed by atoms with Crippen molar-refractivity contribution in [3.05, 3.63) is 52.4 Å². The van der Waals surface area contributed by atoms with Crippen molar-refractivity contribution in [2.45, 2.75) is 13.5 Å². The van der Waals surface area contributed by atoms with Crippen LogP contribution in [0.25, 0.3) is 0 Å². The molecule has 0 aliphatic carbocycles. The number of pyridine rings is 1. The Morgan fingerprint density at radius 3 is 2.84 bits per heavy atom. The number of nitrogens with one attached hydrogen (secondary N) is 1. The summed E-state index contributed by atoms with van der Waals surface area (Å²) in [5.74, 6) is 0.871. The minimum atomic E-state index is -0.330. The SMILES string of the molecule is CNc1ccc(Cl)c(COc2cc(F)ccc2C)n1. The van der Waals surface area contributed by atoms with Crippen LogP contribution in [0.3, 0.4) is 0 Å². The average Bonchev–Trinajstić information content (AvgIpc) is 2.41. The van der Waals surface area contributed by atoms with E-state index in [-0.39, 0.29) is 12.4 Å². The highest BCUT2D eigenvalue weighted by molar-refractivity contribution is 6.31. The number of benzene rings is 1. The van der Waals surface area contributed by atoms with Crippen LogP contribution in [0.15, 0.2) is 30.3 Å². The predicted octanol–water partition coefficient (Wildman–Crippen LogP) is 3.80. The average molecular weight is 281 g/mol. The third-order valence-corrected chi connectivity index (χ3v) is 3.03. The molecule has 0 aliphatic rings. The Bertz CT molecular complexity index is 590. The summed E-state index contributed by atoms with van der Waals surface area (Å²) in [5, 5.41) is 3.45. The zero-order chi connectivity index (χ0) is 13.8. The molecule has 0 unspecified atom stereocenters. The molecule has 0 bridgehead atoms. The maximum absolute atomic E-state index is 13.1. The second kappa shape index (κ2) is 5.89. The van der Waals surface area contributed by atoms with Crippen LogP contribution in [0.1, 0.15) is 11.3 Å². The molecule has 100 valence electrons. The number of hydrogen-bond donors (Lipinski definition) is 1. The van der Waals surface area contributed by atoms with Gasteiger partial charge in [0.1, 0.15) is 24.0 Å². The first-order valence-electron chi connectivity index (χ1n) is 5.82. The molecule has 3 nitrogen and oxygen atoms in total. The first-order chi connectivity index (χ1) is 9.10. The predicted molar refractivity (Wildman–Crippen MR) is 74.3 cm³/mol. The number of nitrogens with zero attached hydrogens (tertiary/aromatic N) is 1. The lowest BCUT2D eigenvalue weighted by molar-refractivity contribution is 0.298. The minimum Gasteiger partial charge on any atom is -0.487 e. The molecule has 0 radical (unpaired) electrons. The molecule has 0 saturated carbocycles. The summed E-state index contributed by atoms with van der Waals surface area (Å²) in [5.41, 5.74) is 1.47. The molecule has 1 heterocycles. The summed E-state index contributed by atoms with van der Waals surface area (Å²) in [7, 11) is 1.78. The molecule has 0 amide bonds. The van der Waals surface area contributed by atoms with Gasteiger partial charge in [-0.3, -0.25) is 0 Å². The number of hydrogen-bond acceptors (Lipinski definition) is 3. The smallest absolute Gasteiger partial charge is 0.132 e. The van der Waals surface area contributed by atoms with E-state index in [1.807, 2.05) is 6.92 Å². The summed E-state index contributed by atoms with van der Waals surface area (Å²) in [4.78, 5) is 4.30. The van der Waals surface area contributed by atoms with E-state index in [0.29, 0.717) is 22.3 Å². The van der Waals surface area contributed by atoms with Gasteiger partial charge in [0.2, 0.25) is 0 Å². The minimum absolute atomic E-state index is 0.193. The van der Waals surface area contributed by atoms with Crippen molar-refractivity contribution in [1.29, 1.82) is 0 Å². The molecular weight excluding hydrogens is 267 g/mol. The van der Waals surface area contributed by atoms with E-state index in [1.165, 1.54) is 12.1 Å². The lowest BCUT2D eigenvalue weighted by Gasteiger charge is -2.10. The highest BCUT2D eigenvalue weighted by Gasteiger charge is 2.07. The van der Waals surface area contributed by atoms with Crippen molar-refractivity contribution in [2.75, 3.05) is 12.4 Å². The third kappa shape index (κ3) is 3.35. The highest BCUT2D eigenvalue weighted by atomic mass is 35.5. The summed E-state index contributed by atoms with van der Waals surface area (Å²) < 4.78 is 18.7. The van der Waals surface area contributed by atoms with E-state index >= 15 is 0 Å². The van der Waals surface area contributed by atoms with Gasteiger partial charge in [0.15, 0.2) is 0 Å². The molecular formula is C14H14ClFN2O. The van der Waals surface area contributed by atoms with Crippen LogP contribution in [0.5, 0.6) is 5.75 Å². The fourth-order valence-electron chi connectivity index (χ4n) is 1.60. The van der Waals surface area contributed by atoms with Crippen LogP contribution in [0.2, 0.25) is 5.02 Å². The molecule has 0 aliphatic heterocycles. The van der Waals surface area contributed by atoms with Gasteiger partial charge in [-0.05, 0) is 30.7 Å². The topological polar surface area (TPSA) is 34.1 Å². The quantitative estimate of drug-likeness (QED) is 0.925. The first-order valence-corrected chi connectivity index (χ1v) is 6.20. The Morgan fingerprint density at radius 2 is 2.11 bits per heavy atom. The van der Waals surface area contributed by atoms with Crippen molar-refractivity contribution in [2.24, 2.45) is 0 Å². The Morgan fingerprint density at radius 1 is 1.32 bits per heavy atom. The third-order valence-electron chi connectivity index (χ3n) is 2.69. The first kappa shape index (κ1) is 13.6. The molecule has 0 atom stereocenters. The normalized spacial score (nSPS) is 10.3. The van der Waals surface area contributed by atoms with Crippen molar-refractivity contribution >= 4 is 17.4 Å². The number of anilines is 1. The Hall–Kier alpha value is -1.81. The van der Waals surface area contributed by atoms with Crippen LogP contribution in [-0.2, 0) is 6.61 Å². The summed E-state index contributed by atoms with van der Waals surface area (Å²) in [6, 6.07) is 7.95. The molecule has 1 aromatic heterocycles.